The summed E-state index contributed by atoms with van der Waals surface area (Å²) in [4.78, 5) is 24.1. The van der Waals surface area contributed by atoms with Gasteiger partial charge >= 0.3 is 5.97 Å². The second-order valence-electron chi connectivity index (χ2n) is 5.42. The first-order chi connectivity index (χ1) is 12.1. The lowest BCUT2D eigenvalue weighted by Crippen LogP contribution is -2.41. The number of thioether (sulfide) groups is 1. The Labute approximate surface area is 151 Å². The number of carbonyl (C=O) groups is 2. The molecular formula is C20H19NO3S. The molecule has 2 aromatic rings. The minimum atomic E-state index is -1.04. The Morgan fingerprint density at radius 3 is 2.56 bits per heavy atom. The number of carboxylic acid groups (broad SMARTS) is 1. The fourth-order valence-electron chi connectivity index (χ4n) is 2.42. The van der Waals surface area contributed by atoms with Crippen LogP contribution in [0.2, 0.25) is 0 Å². The van der Waals surface area contributed by atoms with E-state index in [1.54, 1.807) is 18.2 Å². The van der Waals surface area contributed by atoms with Crippen molar-refractivity contribution in [2.45, 2.75) is 12.5 Å². The molecule has 5 heteroatoms. The van der Waals surface area contributed by atoms with Gasteiger partial charge in [-0.25, -0.2) is 4.79 Å². The van der Waals surface area contributed by atoms with Crippen LogP contribution in [0.5, 0.6) is 0 Å². The highest BCUT2D eigenvalue weighted by Crippen LogP contribution is 2.25. The normalized spacial score (nSPS) is 11.4. The third kappa shape index (κ3) is 4.88. The number of amides is 1. The predicted octanol–water partition coefficient (Wildman–Crippen LogP) is 3.27. The van der Waals surface area contributed by atoms with Crippen LogP contribution in [-0.4, -0.2) is 35.0 Å². The number of hydrogen-bond donors (Lipinski definition) is 2. The maximum Gasteiger partial charge on any atom is 0.326 e. The van der Waals surface area contributed by atoms with E-state index in [1.165, 1.54) is 11.8 Å². The van der Waals surface area contributed by atoms with Gasteiger partial charge in [0.05, 0.1) is 0 Å². The van der Waals surface area contributed by atoms with Gasteiger partial charge in [0.1, 0.15) is 6.04 Å². The average molecular weight is 353 g/mol. The van der Waals surface area contributed by atoms with Gasteiger partial charge in [0, 0.05) is 11.1 Å². The van der Waals surface area contributed by atoms with Crippen LogP contribution in [0.1, 0.15) is 22.3 Å². The minimum Gasteiger partial charge on any atom is -0.480 e. The van der Waals surface area contributed by atoms with E-state index in [2.05, 4.69) is 11.2 Å². The molecule has 0 saturated carbocycles. The molecule has 4 nitrogen and oxygen atoms in total. The van der Waals surface area contributed by atoms with E-state index in [0.717, 1.165) is 5.56 Å². The third-order valence-electron chi connectivity index (χ3n) is 3.73. The first-order valence-corrected chi connectivity index (χ1v) is 9.15. The molecule has 128 valence electrons. The van der Waals surface area contributed by atoms with Crippen LogP contribution in [0.3, 0.4) is 0 Å². The van der Waals surface area contributed by atoms with Gasteiger partial charge in [0.15, 0.2) is 0 Å². The number of carbonyl (C=O) groups excluding carboxylic acids is 1. The van der Waals surface area contributed by atoms with Crippen molar-refractivity contribution in [3.05, 3.63) is 59.7 Å². The Morgan fingerprint density at radius 1 is 1.24 bits per heavy atom. The zero-order chi connectivity index (χ0) is 18.2. The second kappa shape index (κ2) is 8.95. The molecule has 25 heavy (non-hydrogen) atoms. The van der Waals surface area contributed by atoms with Gasteiger partial charge in [0.2, 0.25) is 0 Å². The maximum atomic E-state index is 12.7. The Kier molecular flexibility index (Phi) is 6.67. The SMILES string of the molecule is C#Cc1ccc(C(=O)NC(CCSC)C(=O)O)c(-c2ccccc2)c1. The highest BCUT2D eigenvalue weighted by molar-refractivity contribution is 7.98. The number of benzene rings is 2. The van der Waals surface area contributed by atoms with Gasteiger partial charge in [-0.1, -0.05) is 36.3 Å². The van der Waals surface area contributed by atoms with E-state index < -0.39 is 17.9 Å². The summed E-state index contributed by atoms with van der Waals surface area (Å²) in [5.41, 5.74) is 2.59. The van der Waals surface area contributed by atoms with Crippen LogP contribution in [0.4, 0.5) is 0 Å². The molecule has 0 bridgehead atoms. The number of terminal acetylenes is 1. The lowest BCUT2D eigenvalue weighted by Gasteiger charge is -2.16. The molecule has 1 atom stereocenters. The highest BCUT2D eigenvalue weighted by Gasteiger charge is 2.22. The van der Waals surface area contributed by atoms with Gasteiger partial charge in [-0.2, -0.15) is 11.8 Å². The zero-order valence-electron chi connectivity index (χ0n) is 13.9. The maximum absolute atomic E-state index is 12.7. The summed E-state index contributed by atoms with van der Waals surface area (Å²) in [5, 5.41) is 11.9. The van der Waals surface area contributed by atoms with Gasteiger partial charge in [-0.3, -0.25) is 4.79 Å². The van der Waals surface area contributed by atoms with Crippen LogP contribution in [0.15, 0.2) is 48.5 Å². The monoisotopic (exact) mass is 353 g/mol. The molecule has 0 heterocycles. The van der Waals surface area contributed by atoms with E-state index in [4.69, 9.17) is 6.42 Å². The molecule has 0 aliphatic rings. The first kappa shape index (κ1) is 18.6. The van der Waals surface area contributed by atoms with Crippen LogP contribution in [0.25, 0.3) is 11.1 Å². The first-order valence-electron chi connectivity index (χ1n) is 7.75. The number of rotatable bonds is 7. The number of carboxylic acids is 1. The molecule has 2 N–H and O–H groups in total. The smallest absolute Gasteiger partial charge is 0.326 e. The van der Waals surface area contributed by atoms with E-state index in [1.807, 2.05) is 36.6 Å². The average Bonchev–Trinajstić information content (AvgIpc) is 2.64. The van der Waals surface area contributed by atoms with Crippen molar-refractivity contribution in [2.24, 2.45) is 0 Å². The quantitative estimate of drug-likeness (QED) is 0.750. The van der Waals surface area contributed by atoms with Gasteiger partial charge in [-0.15, -0.1) is 6.42 Å². The summed E-state index contributed by atoms with van der Waals surface area (Å²) in [6, 6.07) is 13.6. The van der Waals surface area contributed by atoms with Gasteiger partial charge < -0.3 is 10.4 Å². The van der Waals surface area contributed by atoms with Crippen molar-refractivity contribution < 1.29 is 14.7 Å². The summed E-state index contributed by atoms with van der Waals surface area (Å²) < 4.78 is 0. The van der Waals surface area contributed by atoms with Gasteiger partial charge in [-0.05, 0) is 47.8 Å². The molecular weight excluding hydrogens is 334 g/mol. The van der Waals surface area contributed by atoms with E-state index in [9.17, 15) is 14.7 Å². The largest absolute Gasteiger partial charge is 0.480 e. The van der Waals surface area contributed by atoms with Crippen LogP contribution in [-0.2, 0) is 4.79 Å². The molecule has 0 saturated heterocycles. The summed E-state index contributed by atoms with van der Waals surface area (Å²) >= 11 is 1.54. The minimum absolute atomic E-state index is 0.366. The topological polar surface area (TPSA) is 66.4 Å². The molecule has 0 spiro atoms. The molecule has 1 unspecified atom stereocenters. The van der Waals surface area contributed by atoms with Crippen molar-refractivity contribution in [3.8, 4) is 23.5 Å². The lowest BCUT2D eigenvalue weighted by atomic mass is 9.96. The predicted molar refractivity (Wildman–Crippen MR) is 102 cm³/mol. The van der Waals surface area contributed by atoms with E-state index in [-0.39, 0.29) is 0 Å². The fourth-order valence-corrected chi connectivity index (χ4v) is 2.89. The molecule has 0 fully saturated rings. The van der Waals surface area contributed by atoms with Crippen molar-refractivity contribution in [3.63, 3.8) is 0 Å². The Balaban J connectivity index is 2.36. The Hall–Kier alpha value is -2.71. The Bertz CT molecular complexity index is 796. The fraction of sp³-hybridized carbons (Fsp3) is 0.200. The summed E-state index contributed by atoms with van der Waals surface area (Å²) in [6.07, 6.45) is 7.73. The highest BCUT2D eigenvalue weighted by atomic mass is 32.2. The third-order valence-corrected chi connectivity index (χ3v) is 4.37. The van der Waals surface area contributed by atoms with Gasteiger partial charge in [0.25, 0.3) is 5.91 Å². The molecule has 0 aliphatic carbocycles. The molecule has 0 aromatic heterocycles. The number of hydrogen-bond acceptors (Lipinski definition) is 3. The molecule has 2 aromatic carbocycles. The van der Waals surface area contributed by atoms with Crippen LogP contribution in [0, 0.1) is 12.3 Å². The zero-order valence-corrected chi connectivity index (χ0v) is 14.7. The lowest BCUT2D eigenvalue weighted by molar-refractivity contribution is -0.139. The van der Waals surface area contributed by atoms with E-state index >= 15 is 0 Å². The van der Waals surface area contributed by atoms with Crippen molar-refractivity contribution in [1.29, 1.82) is 0 Å². The molecule has 1 amide bonds. The van der Waals surface area contributed by atoms with Crippen LogP contribution >= 0.6 is 11.8 Å². The summed E-state index contributed by atoms with van der Waals surface area (Å²) in [6.45, 7) is 0. The van der Waals surface area contributed by atoms with Crippen molar-refractivity contribution in [1.82, 2.24) is 5.32 Å². The number of aliphatic carboxylic acids is 1. The Morgan fingerprint density at radius 2 is 1.96 bits per heavy atom. The standard InChI is InChI=1S/C20H19NO3S/c1-3-14-9-10-16(17(13-14)15-7-5-4-6-8-15)19(22)21-18(20(23)24)11-12-25-2/h1,4-10,13,18H,11-12H2,2H3,(H,21,22)(H,23,24). The molecule has 2 rings (SSSR count). The second-order valence-corrected chi connectivity index (χ2v) is 6.40. The van der Waals surface area contributed by atoms with Crippen molar-refractivity contribution >= 4 is 23.6 Å². The van der Waals surface area contributed by atoms with Crippen molar-refractivity contribution in [2.75, 3.05) is 12.0 Å². The summed E-state index contributed by atoms with van der Waals surface area (Å²) in [5.74, 6) is 1.75. The van der Waals surface area contributed by atoms with E-state index in [0.29, 0.717) is 28.9 Å². The molecule has 0 aliphatic heterocycles. The summed E-state index contributed by atoms with van der Waals surface area (Å²) in [7, 11) is 0. The van der Waals surface area contributed by atoms with Crippen LogP contribution < -0.4 is 5.32 Å². The number of nitrogens with one attached hydrogen (secondary N) is 1. The molecule has 0 radical (unpaired) electrons.